The van der Waals surface area contributed by atoms with Crippen molar-refractivity contribution in [2.45, 2.75) is 6.54 Å². The summed E-state index contributed by atoms with van der Waals surface area (Å²) in [5.41, 5.74) is 0.289. The van der Waals surface area contributed by atoms with Gasteiger partial charge in [0, 0.05) is 19.4 Å². The summed E-state index contributed by atoms with van der Waals surface area (Å²) in [6.07, 6.45) is 3.41. The van der Waals surface area contributed by atoms with Crippen LogP contribution in [-0.2, 0) is 13.6 Å². The van der Waals surface area contributed by atoms with E-state index >= 15 is 0 Å². The first-order valence-corrected chi connectivity index (χ1v) is 5.91. The van der Waals surface area contributed by atoms with E-state index in [-0.39, 0.29) is 17.8 Å². The number of urea groups is 1. The van der Waals surface area contributed by atoms with Crippen LogP contribution >= 0.6 is 0 Å². The second kappa shape index (κ2) is 5.87. The molecule has 104 valence electrons. The third-order valence-corrected chi connectivity index (χ3v) is 2.73. The molecule has 0 aliphatic heterocycles. The summed E-state index contributed by atoms with van der Waals surface area (Å²) in [7, 11) is 1.82. The third kappa shape index (κ3) is 3.14. The summed E-state index contributed by atoms with van der Waals surface area (Å²) in [4.78, 5) is 26.8. The van der Waals surface area contributed by atoms with Gasteiger partial charge >= 0.3 is 12.0 Å². The summed E-state index contributed by atoms with van der Waals surface area (Å²) in [5.74, 6) is -0.392. The number of carbonyl (C=O) groups excluding carboxylic acids is 1. The van der Waals surface area contributed by atoms with Crippen molar-refractivity contribution in [3.05, 3.63) is 48.0 Å². The van der Waals surface area contributed by atoms with Gasteiger partial charge in [-0.15, -0.1) is 0 Å². The lowest BCUT2D eigenvalue weighted by molar-refractivity contribution is 0.0698. The van der Waals surface area contributed by atoms with Crippen molar-refractivity contribution >= 4 is 17.7 Å². The molecular formula is C13H14N4O3. The number of nitrogens with zero attached hydrogens (tertiary/aromatic N) is 2. The van der Waals surface area contributed by atoms with Gasteiger partial charge in [0.1, 0.15) is 5.82 Å². The van der Waals surface area contributed by atoms with E-state index in [0.29, 0.717) is 5.82 Å². The molecule has 1 heterocycles. The topological polar surface area (TPSA) is 96.3 Å². The van der Waals surface area contributed by atoms with Gasteiger partial charge in [0.05, 0.1) is 17.8 Å². The first-order valence-electron chi connectivity index (χ1n) is 5.91. The Bertz CT molecular complexity index is 636. The summed E-state index contributed by atoms with van der Waals surface area (Å²) in [5, 5.41) is 14.1. The zero-order valence-electron chi connectivity index (χ0n) is 10.8. The highest BCUT2D eigenvalue weighted by atomic mass is 16.4. The zero-order chi connectivity index (χ0) is 14.5. The average Bonchev–Trinajstić information content (AvgIpc) is 2.82. The van der Waals surface area contributed by atoms with Crippen molar-refractivity contribution < 1.29 is 14.7 Å². The zero-order valence-corrected chi connectivity index (χ0v) is 10.8. The van der Waals surface area contributed by atoms with E-state index in [9.17, 15) is 9.59 Å². The molecule has 0 saturated heterocycles. The van der Waals surface area contributed by atoms with Gasteiger partial charge in [-0.25, -0.2) is 14.6 Å². The molecule has 0 radical (unpaired) electrons. The number of hydrogen-bond acceptors (Lipinski definition) is 3. The minimum atomic E-state index is -1.09. The Labute approximate surface area is 115 Å². The number of hydrogen-bond donors (Lipinski definition) is 3. The Hall–Kier alpha value is -2.83. The van der Waals surface area contributed by atoms with Crippen LogP contribution in [0.4, 0.5) is 10.5 Å². The molecule has 0 fully saturated rings. The van der Waals surface area contributed by atoms with Crippen LogP contribution in [0.2, 0.25) is 0 Å². The van der Waals surface area contributed by atoms with Crippen LogP contribution in [0.1, 0.15) is 16.2 Å². The fourth-order valence-electron chi connectivity index (χ4n) is 1.67. The Morgan fingerprint density at radius 1 is 1.35 bits per heavy atom. The molecule has 0 atom stereocenters. The normalized spacial score (nSPS) is 10.1. The first-order chi connectivity index (χ1) is 9.58. The van der Waals surface area contributed by atoms with Crippen LogP contribution in [0.15, 0.2) is 36.7 Å². The fourth-order valence-corrected chi connectivity index (χ4v) is 1.67. The van der Waals surface area contributed by atoms with Crippen LogP contribution in [-0.4, -0.2) is 26.7 Å². The quantitative estimate of drug-likeness (QED) is 0.786. The van der Waals surface area contributed by atoms with E-state index in [2.05, 4.69) is 15.6 Å². The van der Waals surface area contributed by atoms with Crippen LogP contribution in [0.25, 0.3) is 0 Å². The van der Waals surface area contributed by atoms with Crippen molar-refractivity contribution in [2.24, 2.45) is 7.05 Å². The number of rotatable bonds is 4. The van der Waals surface area contributed by atoms with Crippen LogP contribution in [0, 0.1) is 0 Å². The number of carboxylic acid groups (broad SMARTS) is 1. The van der Waals surface area contributed by atoms with E-state index < -0.39 is 12.0 Å². The van der Waals surface area contributed by atoms with Gasteiger partial charge in [-0.3, -0.25) is 0 Å². The van der Waals surface area contributed by atoms with Crippen LogP contribution < -0.4 is 10.6 Å². The summed E-state index contributed by atoms with van der Waals surface area (Å²) < 4.78 is 1.78. The molecule has 2 aromatic rings. The highest BCUT2D eigenvalue weighted by Gasteiger charge is 2.11. The molecule has 0 aliphatic carbocycles. The molecule has 0 unspecified atom stereocenters. The maximum atomic E-state index is 11.7. The largest absolute Gasteiger partial charge is 0.478 e. The van der Waals surface area contributed by atoms with E-state index in [1.54, 1.807) is 29.1 Å². The Morgan fingerprint density at radius 2 is 2.10 bits per heavy atom. The molecule has 0 saturated carbocycles. The molecule has 1 aromatic heterocycles. The second-order valence-electron chi connectivity index (χ2n) is 4.11. The highest BCUT2D eigenvalue weighted by molar-refractivity contribution is 5.99. The van der Waals surface area contributed by atoms with Crippen molar-refractivity contribution in [1.82, 2.24) is 14.9 Å². The minimum absolute atomic E-state index is 0.0413. The summed E-state index contributed by atoms with van der Waals surface area (Å²) >= 11 is 0. The molecule has 20 heavy (non-hydrogen) atoms. The molecule has 0 bridgehead atoms. The average molecular weight is 274 g/mol. The number of imidazole rings is 1. The predicted molar refractivity (Wildman–Crippen MR) is 72.5 cm³/mol. The first kappa shape index (κ1) is 13.6. The van der Waals surface area contributed by atoms with Gasteiger partial charge in [0.25, 0.3) is 0 Å². The third-order valence-electron chi connectivity index (χ3n) is 2.73. The Kier molecular flexibility index (Phi) is 3.99. The lowest BCUT2D eigenvalue weighted by Gasteiger charge is -2.09. The molecule has 3 N–H and O–H groups in total. The van der Waals surface area contributed by atoms with Gasteiger partial charge in [-0.2, -0.15) is 0 Å². The fraction of sp³-hybridized carbons (Fsp3) is 0.154. The van der Waals surface area contributed by atoms with E-state index in [1.807, 2.05) is 7.05 Å². The standard InChI is InChI=1S/C13H14N4O3/c1-17-7-6-14-11(17)8-15-13(20)16-10-5-3-2-4-9(10)12(18)19/h2-7H,8H2,1H3,(H,18,19)(H2,15,16,20). The van der Waals surface area contributed by atoms with Crippen LogP contribution in [0.3, 0.4) is 0 Å². The molecule has 7 heteroatoms. The van der Waals surface area contributed by atoms with Crippen molar-refractivity contribution in [3.8, 4) is 0 Å². The summed E-state index contributed by atoms with van der Waals surface area (Å²) in [6.45, 7) is 0.255. The SMILES string of the molecule is Cn1ccnc1CNC(=O)Nc1ccccc1C(=O)O. The number of benzene rings is 1. The number of aromatic nitrogens is 2. The molecule has 1 aromatic carbocycles. The van der Waals surface area contributed by atoms with E-state index in [4.69, 9.17) is 5.11 Å². The van der Waals surface area contributed by atoms with Gasteiger partial charge in [-0.1, -0.05) is 12.1 Å². The molecule has 0 spiro atoms. The molecule has 2 rings (SSSR count). The maximum Gasteiger partial charge on any atom is 0.337 e. The van der Waals surface area contributed by atoms with Crippen molar-refractivity contribution in [2.75, 3.05) is 5.32 Å². The molecule has 7 nitrogen and oxygen atoms in total. The number of aromatic carboxylic acids is 1. The number of anilines is 1. The smallest absolute Gasteiger partial charge is 0.337 e. The van der Waals surface area contributed by atoms with E-state index in [0.717, 1.165) is 0 Å². The second-order valence-corrected chi connectivity index (χ2v) is 4.11. The number of para-hydroxylation sites is 1. The number of nitrogens with one attached hydrogen (secondary N) is 2. The van der Waals surface area contributed by atoms with Crippen molar-refractivity contribution in [3.63, 3.8) is 0 Å². The lowest BCUT2D eigenvalue weighted by Crippen LogP contribution is -2.29. The van der Waals surface area contributed by atoms with Gasteiger partial charge in [0.15, 0.2) is 0 Å². The number of aryl methyl sites for hydroxylation is 1. The van der Waals surface area contributed by atoms with Gasteiger partial charge in [-0.05, 0) is 12.1 Å². The summed E-state index contributed by atoms with van der Waals surface area (Å²) in [6, 6.07) is 5.73. The lowest BCUT2D eigenvalue weighted by atomic mass is 10.2. The monoisotopic (exact) mass is 274 g/mol. The molecule has 2 amide bonds. The molecule has 0 aliphatic rings. The van der Waals surface area contributed by atoms with Gasteiger partial charge < -0.3 is 20.3 Å². The number of amides is 2. The van der Waals surface area contributed by atoms with Crippen molar-refractivity contribution in [1.29, 1.82) is 0 Å². The number of carbonyl (C=O) groups is 2. The number of carboxylic acids is 1. The maximum absolute atomic E-state index is 11.7. The van der Waals surface area contributed by atoms with Gasteiger partial charge in [0.2, 0.25) is 0 Å². The molecular weight excluding hydrogens is 260 g/mol. The Balaban J connectivity index is 1.98. The van der Waals surface area contributed by atoms with Crippen LogP contribution in [0.5, 0.6) is 0 Å². The Morgan fingerprint density at radius 3 is 2.75 bits per heavy atom. The highest BCUT2D eigenvalue weighted by Crippen LogP contribution is 2.14. The van der Waals surface area contributed by atoms with E-state index in [1.165, 1.54) is 12.1 Å². The predicted octanol–water partition coefficient (Wildman–Crippen LogP) is 1.44. The minimum Gasteiger partial charge on any atom is -0.478 e.